The Bertz CT molecular complexity index is 441. The van der Waals surface area contributed by atoms with Gasteiger partial charge in [0, 0.05) is 12.5 Å². The highest BCUT2D eigenvalue weighted by Gasteiger charge is 2.25. The van der Waals surface area contributed by atoms with Gasteiger partial charge in [0.15, 0.2) is 5.78 Å². The summed E-state index contributed by atoms with van der Waals surface area (Å²) in [6.07, 6.45) is 3.25. The second kappa shape index (κ2) is 6.24. The highest BCUT2D eigenvalue weighted by Crippen LogP contribution is 2.23. The maximum atomic E-state index is 13.5. The van der Waals surface area contributed by atoms with Gasteiger partial charge in [-0.2, -0.15) is 0 Å². The number of carbonyl (C=O) groups excluding carboxylic acids is 1. The average Bonchev–Trinajstić information content (AvgIpc) is 2.38. The number of nitrogens with one attached hydrogen (secondary N) is 1. The zero-order chi connectivity index (χ0) is 13.8. The second-order valence-corrected chi connectivity index (χ2v) is 5.17. The number of hydrogen-bond acceptors (Lipinski definition) is 2. The lowest BCUT2D eigenvalue weighted by Gasteiger charge is -2.29. The first-order valence-electron chi connectivity index (χ1n) is 6.82. The Labute approximate surface area is 112 Å². The molecule has 2 rings (SSSR count). The largest absolute Gasteiger partial charge is 0.314 e. The van der Waals surface area contributed by atoms with Crippen molar-refractivity contribution < 1.29 is 13.6 Å². The molecule has 2 nitrogen and oxygen atoms in total. The summed E-state index contributed by atoms with van der Waals surface area (Å²) >= 11 is 0. The van der Waals surface area contributed by atoms with Crippen LogP contribution in [-0.2, 0) is 0 Å². The Morgan fingerprint density at radius 2 is 2.05 bits per heavy atom. The summed E-state index contributed by atoms with van der Waals surface area (Å²) in [5, 5.41) is 3.26. The van der Waals surface area contributed by atoms with Crippen molar-refractivity contribution in [1.29, 1.82) is 0 Å². The van der Waals surface area contributed by atoms with Crippen LogP contribution in [0, 0.1) is 17.6 Å². The molecule has 1 aliphatic rings. The fourth-order valence-electron chi connectivity index (χ4n) is 2.71. The first-order chi connectivity index (χ1) is 9.11. The van der Waals surface area contributed by atoms with Crippen molar-refractivity contribution in [3.8, 4) is 0 Å². The summed E-state index contributed by atoms with van der Waals surface area (Å²) in [6, 6.07) is 3.55. The van der Waals surface area contributed by atoms with Crippen LogP contribution in [0.25, 0.3) is 0 Å². The molecule has 0 aliphatic carbocycles. The van der Waals surface area contributed by atoms with E-state index in [0.717, 1.165) is 37.9 Å². The fraction of sp³-hybridized carbons (Fsp3) is 0.533. The standard InChI is InChI=1S/C15H19F2NO/c1-2-10-6-7-18-11(8-10)9-14(19)15-12(16)4-3-5-13(15)17/h3-5,10-11,18H,2,6-9H2,1H3. The topological polar surface area (TPSA) is 29.1 Å². The zero-order valence-electron chi connectivity index (χ0n) is 11.1. The second-order valence-electron chi connectivity index (χ2n) is 5.17. The number of benzene rings is 1. The third-order valence-electron chi connectivity index (χ3n) is 3.85. The first-order valence-corrected chi connectivity index (χ1v) is 6.82. The first kappa shape index (κ1) is 14.1. The number of halogens is 2. The Hall–Kier alpha value is -1.29. The minimum atomic E-state index is -0.771. The van der Waals surface area contributed by atoms with E-state index in [1.54, 1.807) is 0 Å². The normalized spacial score (nSPS) is 23.3. The third kappa shape index (κ3) is 3.38. The number of rotatable bonds is 4. The highest BCUT2D eigenvalue weighted by atomic mass is 19.1. The maximum absolute atomic E-state index is 13.5. The van der Waals surface area contributed by atoms with Crippen LogP contribution in [0.3, 0.4) is 0 Å². The van der Waals surface area contributed by atoms with E-state index in [-0.39, 0.29) is 12.5 Å². The van der Waals surface area contributed by atoms with Crippen molar-refractivity contribution in [3.63, 3.8) is 0 Å². The fourth-order valence-corrected chi connectivity index (χ4v) is 2.71. The lowest BCUT2D eigenvalue weighted by molar-refractivity contribution is 0.0949. The molecule has 2 atom stereocenters. The zero-order valence-corrected chi connectivity index (χ0v) is 11.1. The lowest BCUT2D eigenvalue weighted by atomic mass is 9.87. The number of ketones is 1. The predicted octanol–water partition coefficient (Wildman–Crippen LogP) is 3.32. The molecule has 0 radical (unpaired) electrons. The SMILES string of the molecule is CCC1CCNC(CC(=O)c2c(F)cccc2F)C1. The van der Waals surface area contributed by atoms with Gasteiger partial charge in [-0.25, -0.2) is 8.78 Å². The molecule has 0 aromatic heterocycles. The van der Waals surface area contributed by atoms with Crippen LogP contribution in [0.1, 0.15) is 43.0 Å². The lowest BCUT2D eigenvalue weighted by Crippen LogP contribution is -2.39. The van der Waals surface area contributed by atoms with Gasteiger partial charge in [0.25, 0.3) is 0 Å². The van der Waals surface area contributed by atoms with Crippen molar-refractivity contribution in [2.75, 3.05) is 6.54 Å². The van der Waals surface area contributed by atoms with Crippen LogP contribution < -0.4 is 5.32 Å². The van der Waals surface area contributed by atoms with Gasteiger partial charge >= 0.3 is 0 Å². The monoisotopic (exact) mass is 267 g/mol. The van der Waals surface area contributed by atoms with Crippen molar-refractivity contribution in [2.24, 2.45) is 5.92 Å². The minimum Gasteiger partial charge on any atom is -0.314 e. The maximum Gasteiger partial charge on any atom is 0.170 e. The average molecular weight is 267 g/mol. The number of piperidine rings is 1. The molecule has 1 heterocycles. The Kier molecular flexibility index (Phi) is 4.64. The number of hydrogen-bond donors (Lipinski definition) is 1. The quantitative estimate of drug-likeness (QED) is 0.848. The summed E-state index contributed by atoms with van der Waals surface area (Å²) in [5.41, 5.74) is -0.400. The van der Waals surface area contributed by atoms with E-state index in [0.29, 0.717) is 5.92 Å². The van der Waals surface area contributed by atoms with Crippen molar-refractivity contribution >= 4 is 5.78 Å². The van der Waals surface area contributed by atoms with Crippen LogP contribution in [0.5, 0.6) is 0 Å². The van der Waals surface area contributed by atoms with E-state index >= 15 is 0 Å². The van der Waals surface area contributed by atoms with E-state index in [1.165, 1.54) is 6.07 Å². The smallest absolute Gasteiger partial charge is 0.170 e. The number of carbonyl (C=O) groups is 1. The van der Waals surface area contributed by atoms with Crippen LogP contribution in [-0.4, -0.2) is 18.4 Å². The van der Waals surface area contributed by atoms with Gasteiger partial charge in [-0.1, -0.05) is 19.4 Å². The molecule has 1 N–H and O–H groups in total. The summed E-state index contributed by atoms with van der Waals surface area (Å²) < 4.78 is 27.0. The molecule has 0 amide bonds. The van der Waals surface area contributed by atoms with Gasteiger partial charge in [0.05, 0.1) is 5.56 Å². The molecule has 0 bridgehead atoms. The molecule has 1 saturated heterocycles. The van der Waals surface area contributed by atoms with E-state index in [2.05, 4.69) is 12.2 Å². The molecule has 1 aliphatic heterocycles. The van der Waals surface area contributed by atoms with Gasteiger partial charge in [0.1, 0.15) is 11.6 Å². The van der Waals surface area contributed by atoms with Gasteiger partial charge in [-0.15, -0.1) is 0 Å². The third-order valence-corrected chi connectivity index (χ3v) is 3.85. The van der Waals surface area contributed by atoms with Crippen LogP contribution in [0.2, 0.25) is 0 Å². The molecular weight excluding hydrogens is 248 g/mol. The van der Waals surface area contributed by atoms with Crippen LogP contribution in [0.15, 0.2) is 18.2 Å². The Morgan fingerprint density at radius 3 is 2.68 bits per heavy atom. The molecule has 4 heteroatoms. The van der Waals surface area contributed by atoms with E-state index in [4.69, 9.17) is 0 Å². The predicted molar refractivity (Wildman–Crippen MR) is 70.1 cm³/mol. The van der Waals surface area contributed by atoms with Crippen molar-refractivity contribution in [1.82, 2.24) is 5.32 Å². The Balaban J connectivity index is 2.05. The summed E-state index contributed by atoms with van der Waals surface area (Å²) in [4.78, 5) is 12.0. The van der Waals surface area contributed by atoms with Gasteiger partial charge in [-0.3, -0.25) is 4.79 Å². The van der Waals surface area contributed by atoms with Crippen molar-refractivity contribution in [2.45, 2.75) is 38.6 Å². The Morgan fingerprint density at radius 1 is 1.37 bits per heavy atom. The van der Waals surface area contributed by atoms with Crippen molar-refractivity contribution in [3.05, 3.63) is 35.4 Å². The molecule has 1 aromatic carbocycles. The molecule has 0 saturated carbocycles. The minimum absolute atomic E-state index is 0.0326. The molecule has 1 fully saturated rings. The highest BCUT2D eigenvalue weighted by molar-refractivity contribution is 5.96. The van der Waals surface area contributed by atoms with E-state index < -0.39 is 23.0 Å². The summed E-state index contributed by atoms with van der Waals surface area (Å²) in [7, 11) is 0. The van der Waals surface area contributed by atoms with E-state index in [1.807, 2.05) is 0 Å². The number of Topliss-reactive ketones (excluding diaryl/α,β-unsaturated/α-hetero) is 1. The van der Waals surface area contributed by atoms with Gasteiger partial charge in [-0.05, 0) is 37.4 Å². The molecule has 0 spiro atoms. The van der Waals surface area contributed by atoms with Gasteiger partial charge < -0.3 is 5.32 Å². The molecule has 1 aromatic rings. The van der Waals surface area contributed by atoms with Gasteiger partial charge in [0.2, 0.25) is 0 Å². The molecular formula is C15H19F2NO. The summed E-state index contributed by atoms with van der Waals surface area (Å²) in [5.74, 6) is -1.39. The molecule has 19 heavy (non-hydrogen) atoms. The van der Waals surface area contributed by atoms with Crippen LogP contribution in [0.4, 0.5) is 8.78 Å². The molecule has 2 unspecified atom stereocenters. The molecule has 104 valence electrons. The van der Waals surface area contributed by atoms with E-state index in [9.17, 15) is 13.6 Å². The summed E-state index contributed by atoms with van der Waals surface area (Å²) in [6.45, 7) is 3.00. The van der Waals surface area contributed by atoms with Crippen LogP contribution >= 0.6 is 0 Å².